The number of fused-ring (bicyclic) bond motifs is 1. The molecule has 0 atom stereocenters. The normalized spacial score (nSPS) is 11.1. The minimum atomic E-state index is -0.345. The third kappa shape index (κ3) is 3.25. The highest BCUT2D eigenvalue weighted by Crippen LogP contribution is 2.26. The molecule has 0 aliphatic rings. The first-order chi connectivity index (χ1) is 14.2. The Morgan fingerprint density at radius 2 is 1.62 bits per heavy atom. The highest BCUT2D eigenvalue weighted by molar-refractivity contribution is 5.61. The zero-order valence-electron chi connectivity index (χ0n) is 14.7. The van der Waals surface area contributed by atoms with Gasteiger partial charge in [0.25, 0.3) is 5.89 Å². The summed E-state index contributed by atoms with van der Waals surface area (Å²) in [6.45, 7) is 0. The van der Waals surface area contributed by atoms with Gasteiger partial charge in [-0.3, -0.25) is 0 Å². The van der Waals surface area contributed by atoms with Crippen molar-refractivity contribution in [3.05, 3.63) is 83.2 Å². The maximum absolute atomic E-state index is 13.0. The van der Waals surface area contributed by atoms with Crippen LogP contribution in [0.5, 0.6) is 11.5 Å². The molecule has 3 aromatic heterocycles. The Kier molecular flexibility index (Phi) is 3.91. The van der Waals surface area contributed by atoms with E-state index in [1.807, 2.05) is 0 Å². The summed E-state index contributed by atoms with van der Waals surface area (Å²) in [5.74, 6) is 1.47. The van der Waals surface area contributed by atoms with E-state index in [1.54, 1.807) is 54.7 Å². The van der Waals surface area contributed by atoms with E-state index in [0.717, 1.165) is 0 Å². The molecule has 0 aliphatic heterocycles. The number of nitrogens with zero attached hydrogens (tertiary/aromatic N) is 4. The molecular weight excluding hydrogens is 377 g/mol. The van der Waals surface area contributed by atoms with Gasteiger partial charge in [-0.1, -0.05) is 5.16 Å². The number of pyridine rings is 1. The van der Waals surface area contributed by atoms with E-state index in [9.17, 15) is 9.18 Å². The summed E-state index contributed by atoms with van der Waals surface area (Å²) in [4.78, 5) is 16.1. The molecule has 0 amide bonds. The monoisotopic (exact) mass is 389 g/mol. The summed E-state index contributed by atoms with van der Waals surface area (Å²) < 4.78 is 25.4. The predicted molar refractivity (Wildman–Crippen MR) is 101 cm³/mol. The van der Waals surface area contributed by atoms with Gasteiger partial charge in [-0.2, -0.15) is 10.1 Å². The van der Waals surface area contributed by atoms with Crippen molar-refractivity contribution in [1.82, 2.24) is 24.7 Å². The van der Waals surface area contributed by atoms with Crippen LogP contribution >= 0.6 is 0 Å². The lowest BCUT2D eigenvalue weighted by Gasteiger charge is -2.05. The van der Waals surface area contributed by atoms with Crippen LogP contribution in [-0.2, 0) is 0 Å². The van der Waals surface area contributed by atoms with Crippen LogP contribution in [0.15, 0.2) is 76.2 Å². The number of hydrogen-bond acceptors (Lipinski definition) is 6. The number of ether oxygens (including phenoxy) is 1. The first-order valence-corrected chi connectivity index (χ1v) is 8.60. The minimum Gasteiger partial charge on any atom is -0.457 e. The van der Waals surface area contributed by atoms with E-state index < -0.39 is 0 Å². The van der Waals surface area contributed by atoms with Gasteiger partial charge in [-0.25, -0.2) is 18.7 Å². The first-order valence-electron chi connectivity index (χ1n) is 8.60. The van der Waals surface area contributed by atoms with Crippen LogP contribution < -0.4 is 10.4 Å². The second kappa shape index (κ2) is 6.71. The topological polar surface area (TPSA) is 98.3 Å². The van der Waals surface area contributed by atoms with E-state index in [2.05, 4.69) is 20.3 Å². The average molecular weight is 389 g/mol. The van der Waals surface area contributed by atoms with Gasteiger partial charge >= 0.3 is 5.69 Å². The van der Waals surface area contributed by atoms with E-state index in [-0.39, 0.29) is 11.5 Å². The summed E-state index contributed by atoms with van der Waals surface area (Å²) in [6.07, 6.45) is 1.59. The second-order valence-corrected chi connectivity index (χ2v) is 6.18. The molecule has 3 heterocycles. The second-order valence-electron chi connectivity index (χ2n) is 6.18. The summed E-state index contributed by atoms with van der Waals surface area (Å²) in [5.41, 5.74) is 1.48. The van der Waals surface area contributed by atoms with Crippen molar-refractivity contribution in [2.45, 2.75) is 0 Å². The van der Waals surface area contributed by atoms with Crippen LogP contribution in [0.1, 0.15) is 0 Å². The molecule has 9 heteroatoms. The molecule has 0 saturated heterocycles. The van der Waals surface area contributed by atoms with Crippen LogP contribution in [0, 0.1) is 5.82 Å². The van der Waals surface area contributed by atoms with Gasteiger partial charge in [0.2, 0.25) is 5.82 Å². The Labute approximate surface area is 162 Å². The molecule has 2 aromatic carbocycles. The van der Waals surface area contributed by atoms with Gasteiger partial charge in [0.1, 0.15) is 17.3 Å². The van der Waals surface area contributed by atoms with Crippen molar-refractivity contribution in [1.29, 1.82) is 0 Å². The standard InChI is InChI=1S/C20H12FN5O3/c21-14-4-8-16(9-5-14)28-15-6-1-12(2-7-15)19-22-18(25-29-19)13-3-10-17-23-24-20(27)26(17)11-13/h1-11H,(H,24,27). The third-order valence-electron chi connectivity index (χ3n) is 4.25. The van der Waals surface area contributed by atoms with Crippen molar-refractivity contribution < 1.29 is 13.7 Å². The molecule has 0 radical (unpaired) electrons. The third-order valence-corrected chi connectivity index (χ3v) is 4.25. The molecule has 0 bridgehead atoms. The molecule has 142 valence electrons. The van der Waals surface area contributed by atoms with E-state index >= 15 is 0 Å². The van der Waals surface area contributed by atoms with E-state index in [1.165, 1.54) is 16.5 Å². The van der Waals surface area contributed by atoms with Crippen LogP contribution in [0.3, 0.4) is 0 Å². The predicted octanol–water partition coefficient (Wildman–Crippen LogP) is 3.67. The van der Waals surface area contributed by atoms with E-state index in [4.69, 9.17) is 9.26 Å². The molecule has 0 saturated carbocycles. The van der Waals surface area contributed by atoms with Gasteiger partial charge in [-0.15, -0.1) is 0 Å². The Balaban J connectivity index is 1.38. The number of aromatic amines is 1. The maximum atomic E-state index is 13.0. The van der Waals surface area contributed by atoms with Gasteiger partial charge in [0, 0.05) is 17.3 Å². The van der Waals surface area contributed by atoms with Crippen molar-refractivity contribution in [3.63, 3.8) is 0 Å². The fourth-order valence-electron chi connectivity index (χ4n) is 2.80. The zero-order chi connectivity index (χ0) is 19.8. The molecular formula is C20H12FN5O3. The summed E-state index contributed by atoms with van der Waals surface area (Å²) >= 11 is 0. The highest BCUT2D eigenvalue weighted by Gasteiger charge is 2.12. The number of H-pyrrole nitrogens is 1. The lowest BCUT2D eigenvalue weighted by molar-refractivity contribution is 0.432. The zero-order valence-corrected chi connectivity index (χ0v) is 14.7. The Morgan fingerprint density at radius 1 is 0.931 bits per heavy atom. The Hall–Kier alpha value is -4.27. The fraction of sp³-hybridized carbons (Fsp3) is 0. The highest BCUT2D eigenvalue weighted by atomic mass is 19.1. The summed E-state index contributed by atoms with van der Waals surface area (Å²) in [7, 11) is 0. The van der Waals surface area contributed by atoms with E-state index in [0.29, 0.717) is 40.0 Å². The van der Waals surface area contributed by atoms with Crippen molar-refractivity contribution in [2.75, 3.05) is 0 Å². The van der Waals surface area contributed by atoms with Crippen LogP contribution in [-0.4, -0.2) is 24.7 Å². The number of rotatable bonds is 4. The molecule has 5 aromatic rings. The van der Waals surface area contributed by atoms with Crippen LogP contribution in [0.4, 0.5) is 4.39 Å². The van der Waals surface area contributed by atoms with Crippen LogP contribution in [0.2, 0.25) is 0 Å². The molecule has 0 aliphatic carbocycles. The van der Waals surface area contributed by atoms with Crippen molar-refractivity contribution in [3.8, 4) is 34.3 Å². The smallest absolute Gasteiger partial charge is 0.347 e. The SMILES string of the molecule is O=c1[nH]nc2ccc(-c3noc(-c4ccc(Oc5ccc(F)cc5)cc4)n3)cn12. The molecule has 8 nitrogen and oxygen atoms in total. The molecule has 0 fully saturated rings. The quantitative estimate of drug-likeness (QED) is 0.504. The van der Waals surface area contributed by atoms with Crippen molar-refractivity contribution in [2.24, 2.45) is 0 Å². The number of aromatic nitrogens is 5. The summed E-state index contributed by atoms with van der Waals surface area (Å²) in [5, 5.41) is 10.2. The van der Waals surface area contributed by atoms with Crippen LogP contribution in [0.25, 0.3) is 28.5 Å². The number of benzene rings is 2. The molecule has 0 spiro atoms. The molecule has 0 unspecified atom stereocenters. The van der Waals surface area contributed by atoms with Gasteiger partial charge in [-0.05, 0) is 60.7 Å². The minimum absolute atomic E-state index is 0.323. The largest absolute Gasteiger partial charge is 0.457 e. The van der Waals surface area contributed by atoms with Crippen molar-refractivity contribution >= 4 is 5.65 Å². The van der Waals surface area contributed by atoms with Gasteiger partial charge < -0.3 is 9.26 Å². The average Bonchev–Trinajstić information content (AvgIpc) is 3.38. The fourth-order valence-corrected chi connectivity index (χ4v) is 2.80. The van der Waals surface area contributed by atoms with Gasteiger partial charge in [0.05, 0.1) is 0 Å². The molecule has 1 N–H and O–H groups in total. The number of halogens is 1. The Bertz CT molecular complexity index is 1350. The number of hydrogen-bond donors (Lipinski definition) is 1. The lowest BCUT2D eigenvalue weighted by Crippen LogP contribution is -2.08. The molecule has 5 rings (SSSR count). The van der Waals surface area contributed by atoms with Gasteiger partial charge in [0.15, 0.2) is 5.65 Å². The molecule has 29 heavy (non-hydrogen) atoms. The summed E-state index contributed by atoms with van der Waals surface area (Å²) in [6, 6.07) is 16.3. The maximum Gasteiger partial charge on any atom is 0.347 e. The lowest BCUT2D eigenvalue weighted by atomic mass is 10.2. The Morgan fingerprint density at radius 3 is 2.38 bits per heavy atom. The number of nitrogens with one attached hydrogen (secondary N) is 1. The first kappa shape index (κ1) is 16.9.